The van der Waals surface area contributed by atoms with Gasteiger partial charge in [-0.1, -0.05) is 30.3 Å². The summed E-state index contributed by atoms with van der Waals surface area (Å²) in [7, 11) is -3.68. The molecule has 0 unspecified atom stereocenters. The van der Waals surface area contributed by atoms with Gasteiger partial charge in [0.2, 0.25) is 5.91 Å². The van der Waals surface area contributed by atoms with Crippen LogP contribution in [0, 0.1) is 0 Å². The number of hydrogen-bond donors (Lipinski definition) is 2. The van der Waals surface area contributed by atoms with Crippen LogP contribution in [0.25, 0.3) is 0 Å². The second-order valence-electron chi connectivity index (χ2n) is 5.53. The van der Waals surface area contributed by atoms with Gasteiger partial charge in [-0.3, -0.25) is 14.5 Å². The summed E-state index contributed by atoms with van der Waals surface area (Å²) < 4.78 is 55.4. The molecule has 27 heavy (non-hydrogen) atoms. The fraction of sp³-hybridized carbons (Fsp3) is 0.176. The van der Waals surface area contributed by atoms with Crippen molar-refractivity contribution in [3.63, 3.8) is 0 Å². The largest absolute Gasteiger partial charge is 0.434 e. The summed E-state index contributed by atoms with van der Waals surface area (Å²) in [5, 5.41) is 2.53. The van der Waals surface area contributed by atoms with Crippen molar-refractivity contribution in [2.75, 3.05) is 6.54 Å². The predicted octanol–water partition coefficient (Wildman–Crippen LogP) is 1.64. The van der Waals surface area contributed by atoms with Crippen molar-refractivity contribution < 1.29 is 26.7 Å². The Kier molecular flexibility index (Phi) is 5.36. The van der Waals surface area contributed by atoms with Crippen molar-refractivity contribution >= 4 is 21.8 Å². The average Bonchev–Trinajstić information content (AvgIpc) is 2.90. The number of nitrogens with one attached hydrogen (secondary N) is 2. The fourth-order valence-electron chi connectivity index (χ4n) is 2.51. The Balaban J connectivity index is 1.64. The highest BCUT2D eigenvalue weighted by Gasteiger charge is 2.30. The minimum atomic E-state index is -3.68. The highest BCUT2D eigenvalue weighted by molar-refractivity contribution is 7.90. The second kappa shape index (κ2) is 7.70. The molecule has 2 N–H and O–H groups in total. The van der Waals surface area contributed by atoms with Crippen LogP contribution in [0.5, 0.6) is 5.75 Å². The molecule has 2 aromatic rings. The fourth-order valence-corrected chi connectivity index (χ4v) is 3.76. The summed E-state index contributed by atoms with van der Waals surface area (Å²) in [5.74, 6) is -0.447. The molecule has 7 nitrogen and oxygen atoms in total. The molecule has 1 aliphatic heterocycles. The molecule has 10 heteroatoms. The molecular weight excluding hydrogens is 380 g/mol. The van der Waals surface area contributed by atoms with Crippen molar-refractivity contribution in [2.24, 2.45) is 4.99 Å². The van der Waals surface area contributed by atoms with Gasteiger partial charge in [0.05, 0.1) is 4.90 Å². The number of carbonyl (C=O) groups excluding carboxylic acids is 1. The van der Waals surface area contributed by atoms with Gasteiger partial charge < -0.3 is 10.1 Å². The maximum Gasteiger partial charge on any atom is 0.387 e. The molecule has 0 spiro atoms. The van der Waals surface area contributed by atoms with Gasteiger partial charge in [0.1, 0.15) is 18.1 Å². The van der Waals surface area contributed by atoms with Crippen molar-refractivity contribution in [1.29, 1.82) is 0 Å². The van der Waals surface area contributed by atoms with E-state index in [1.807, 2.05) is 0 Å². The van der Waals surface area contributed by atoms with Crippen molar-refractivity contribution in [1.82, 2.24) is 10.0 Å². The van der Waals surface area contributed by atoms with E-state index >= 15 is 0 Å². The van der Waals surface area contributed by atoms with Crippen LogP contribution in [0.1, 0.15) is 11.1 Å². The highest BCUT2D eigenvalue weighted by Crippen LogP contribution is 2.22. The van der Waals surface area contributed by atoms with E-state index < -0.39 is 22.5 Å². The van der Waals surface area contributed by atoms with Gasteiger partial charge >= 0.3 is 6.61 Å². The first-order valence-corrected chi connectivity index (χ1v) is 9.31. The third-order valence-electron chi connectivity index (χ3n) is 3.71. The van der Waals surface area contributed by atoms with Crippen LogP contribution >= 0.6 is 0 Å². The molecule has 0 atom stereocenters. The third kappa shape index (κ3) is 4.40. The van der Waals surface area contributed by atoms with Crippen LogP contribution < -0.4 is 14.8 Å². The Morgan fingerprint density at radius 1 is 1.15 bits per heavy atom. The summed E-state index contributed by atoms with van der Waals surface area (Å²) >= 11 is 0. The summed E-state index contributed by atoms with van der Waals surface area (Å²) in [4.78, 5) is 16.1. The molecular formula is C17H15F2N3O4S. The van der Waals surface area contributed by atoms with Gasteiger partial charge in [-0.2, -0.15) is 8.78 Å². The molecule has 0 radical (unpaired) electrons. The number of halogens is 2. The van der Waals surface area contributed by atoms with Gasteiger partial charge in [-0.15, -0.1) is 0 Å². The lowest BCUT2D eigenvalue weighted by molar-refractivity contribution is -0.119. The maximum absolute atomic E-state index is 12.4. The number of nitrogens with zero attached hydrogens (tertiary/aromatic N) is 1. The third-order valence-corrected chi connectivity index (χ3v) is 5.11. The van der Waals surface area contributed by atoms with Gasteiger partial charge in [-0.25, -0.2) is 8.42 Å². The SMILES string of the molecule is O=C(CN=C1NS(=O)(=O)c2ccccc21)NCc1ccccc1OC(F)F. The molecule has 0 fully saturated rings. The zero-order valence-corrected chi connectivity index (χ0v) is 14.7. The summed E-state index contributed by atoms with van der Waals surface area (Å²) in [5.41, 5.74) is 0.770. The Labute approximate surface area is 154 Å². The molecule has 0 saturated heterocycles. The van der Waals surface area contributed by atoms with Crippen LogP contribution in [-0.4, -0.2) is 33.3 Å². The van der Waals surface area contributed by atoms with Crippen LogP contribution in [0.2, 0.25) is 0 Å². The first kappa shape index (κ1) is 18.8. The number of ether oxygens (including phenoxy) is 1. The lowest BCUT2D eigenvalue weighted by atomic mass is 10.2. The number of hydrogen-bond acceptors (Lipinski definition) is 5. The lowest BCUT2D eigenvalue weighted by Gasteiger charge is -2.11. The Hall–Kier alpha value is -3.01. The second-order valence-corrected chi connectivity index (χ2v) is 7.18. The molecule has 1 amide bonds. The first-order chi connectivity index (χ1) is 12.9. The summed E-state index contributed by atoms with van der Waals surface area (Å²) in [6, 6.07) is 12.4. The van der Waals surface area contributed by atoms with E-state index in [4.69, 9.17) is 0 Å². The first-order valence-electron chi connectivity index (χ1n) is 7.83. The quantitative estimate of drug-likeness (QED) is 0.777. The van der Waals surface area contributed by atoms with Crippen molar-refractivity contribution in [3.05, 3.63) is 59.7 Å². The molecule has 0 bridgehead atoms. The zero-order chi connectivity index (χ0) is 19.4. The average molecular weight is 395 g/mol. The minimum absolute atomic E-state index is 0.0309. The number of para-hydroxylation sites is 1. The number of aliphatic imine (C=N–C) groups is 1. The minimum Gasteiger partial charge on any atom is -0.434 e. The molecule has 0 aromatic heterocycles. The van der Waals surface area contributed by atoms with E-state index in [2.05, 4.69) is 19.8 Å². The van der Waals surface area contributed by atoms with E-state index in [1.54, 1.807) is 36.4 Å². The molecule has 0 aliphatic carbocycles. The number of amidine groups is 1. The molecule has 2 aromatic carbocycles. The monoisotopic (exact) mass is 395 g/mol. The number of carbonyl (C=O) groups is 1. The van der Waals surface area contributed by atoms with E-state index in [0.717, 1.165) is 0 Å². The lowest BCUT2D eigenvalue weighted by Crippen LogP contribution is -2.28. The molecule has 142 valence electrons. The molecule has 1 heterocycles. The number of fused-ring (bicyclic) bond motifs is 1. The van der Waals surface area contributed by atoms with E-state index in [-0.39, 0.29) is 29.6 Å². The molecule has 1 aliphatic rings. The van der Waals surface area contributed by atoms with Crippen LogP contribution in [-0.2, 0) is 21.4 Å². The van der Waals surface area contributed by atoms with Gasteiger partial charge in [0, 0.05) is 17.7 Å². The van der Waals surface area contributed by atoms with Gasteiger partial charge in [-0.05, 0) is 18.2 Å². The number of amides is 1. The Morgan fingerprint density at radius 3 is 2.63 bits per heavy atom. The van der Waals surface area contributed by atoms with Crippen LogP contribution in [0.3, 0.4) is 0 Å². The summed E-state index contributed by atoms with van der Waals surface area (Å²) in [6.45, 7) is -3.33. The van der Waals surface area contributed by atoms with Crippen molar-refractivity contribution in [2.45, 2.75) is 18.1 Å². The standard InChI is InChI=1S/C17H15F2N3O4S/c18-17(19)26-13-7-3-1-5-11(13)9-20-15(23)10-21-16-12-6-2-4-8-14(12)27(24,25)22-16/h1-8,17H,9-10H2,(H,20,23)(H,21,22). The normalized spacial score (nSPS) is 16.0. The van der Waals surface area contributed by atoms with E-state index in [1.165, 1.54) is 12.1 Å². The topological polar surface area (TPSA) is 96.9 Å². The number of alkyl halides is 2. The molecule has 3 rings (SSSR count). The van der Waals surface area contributed by atoms with Crippen LogP contribution in [0.15, 0.2) is 58.4 Å². The zero-order valence-electron chi connectivity index (χ0n) is 13.9. The van der Waals surface area contributed by atoms with E-state index in [9.17, 15) is 22.0 Å². The predicted molar refractivity (Wildman–Crippen MR) is 93.1 cm³/mol. The van der Waals surface area contributed by atoms with E-state index in [0.29, 0.717) is 11.1 Å². The van der Waals surface area contributed by atoms with Crippen molar-refractivity contribution in [3.8, 4) is 5.75 Å². The number of sulfonamides is 1. The Morgan fingerprint density at radius 2 is 1.85 bits per heavy atom. The van der Waals surface area contributed by atoms with Gasteiger partial charge in [0.25, 0.3) is 10.0 Å². The number of benzene rings is 2. The molecule has 0 saturated carbocycles. The Bertz CT molecular complexity index is 993. The summed E-state index contributed by atoms with van der Waals surface area (Å²) in [6.07, 6.45) is 0. The maximum atomic E-state index is 12.4. The number of rotatable bonds is 6. The van der Waals surface area contributed by atoms with Crippen LogP contribution in [0.4, 0.5) is 8.78 Å². The van der Waals surface area contributed by atoms with Gasteiger partial charge in [0.15, 0.2) is 0 Å². The highest BCUT2D eigenvalue weighted by atomic mass is 32.2. The smallest absolute Gasteiger partial charge is 0.387 e.